The maximum Gasteiger partial charge on any atom is 0.0849 e. The summed E-state index contributed by atoms with van der Waals surface area (Å²) in [5.41, 5.74) is -0.125. The first-order valence-corrected chi connectivity index (χ1v) is 5.81. The van der Waals surface area contributed by atoms with E-state index in [9.17, 15) is 0 Å². The van der Waals surface area contributed by atoms with E-state index in [0.717, 1.165) is 6.42 Å². The summed E-state index contributed by atoms with van der Waals surface area (Å²) in [6.07, 6.45) is 0.993. The second-order valence-corrected chi connectivity index (χ2v) is 4.59. The first kappa shape index (κ1) is 11.7. The van der Waals surface area contributed by atoms with Gasteiger partial charge < -0.3 is 10.1 Å². The summed E-state index contributed by atoms with van der Waals surface area (Å²) in [7, 11) is 3.76. The largest absolute Gasteiger partial charge is 0.377 e. The summed E-state index contributed by atoms with van der Waals surface area (Å²) >= 11 is 1.77. The second-order valence-electron chi connectivity index (χ2n) is 3.61. The van der Waals surface area contributed by atoms with E-state index < -0.39 is 0 Å². The van der Waals surface area contributed by atoms with E-state index in [2.05, 4.69) is 36.7 Å². The number of rotatable bonds is 5. The zero-order valence-corrected chi connectivity index (χ0v) is 10.1. The molecule has 2 unspecified atom stereocenters. The lowest BCUT2D eigenvalue weighted by Crippen LogP contribution is -2.40. The third-order valence-corrected chi connectivity index (χ3v) is 3.83. The van der Waals surface area contributed by atoms with Crippen LogP contribution in [-0.2, 0) is 4.74 Å². The first-order chi connectivity index (χ1) is 6.68. The third kappa shape index (κ3) is 2.16. The molecule has 2 atom stereocenters. The summed E-state index contributed by atoms with van der Waals surface area (Å²) in [5, 5.41) is 5.43. The van der Waals surface area contributed by atoms with Crippen LogP contribution in [-0.4, -0.2) is 19.8 Å². The molecule has 1 aromatic rings. The summed E-state index contributed by atoms with van der Waals surface area (Å²) in [6.45, 7) is 4.30. The Kier molecular flexibility index (Phi) is 4.11. The van der Waals surface area contributed by atoms with E-state index >= 15 is 0 Å². The molecule has 0 aliphatic rings. The van der Waals surface area contributed by atoms with Crippen LogP contribution in [0.4, 0.5) is 0 Å². The van der Waals surface area contributed by atoms with Gasteiger partial charge in [0.05, 0.1) is 11.6 Å². The molecule has 0 aliphatic carbocycles. The number of ether oxygens (including phenoxy) is 1. The van der Waals surface area contributed by atoms with Crippen LogP contribution >= 0.6 is 11.3 Å². The van der Waals surface area contributed by atoms with Crippen molar-refractivity contribution in [1.82, 2.24) is 5.32 Å². The molecule has 0 radical (unpaired) electrons. The van der Waals surface area contributed by atoms with E-state index in [1.165, 1.54) is 4.88 Å². The minimum absolute atomic E-state index is 0.125. The molecule has 80 valence electrons. The number of hydrogen-bond acceptors (Lipinski definition) is 3. The molecule has 0 fully saturated rings. The van der Waals surface area contributed by atoms with Gasteiger partial charge in [-0.3, -0.25) is 0 Å². The monoisotopic (exact) mass is 213 g/mol. The molecule has 2 nitrogen and oxygen atoms in total. The average molecular weight is 213 g/mol. The minimum atomic E-state index is -0.125. The van der Waals surface area contributed by atoms with Gasteiger partial charge >= 0.3 is 0 Å². The van der Waals surface area contributed by atoms with Gasteiger partial charge in [0.1, 0.15) is 0 Å². The van der Waals surface area contributed by atoms with Gasteiger partial charge in [-0.2, -0.15) is 0 Å². The molecule has 0 aliphatic heterocycles. The molecule has 0 bridgehead atoms. The van der Waals surface area contributed by atoms with Crippen molar-refractivity contribution >= 4 is 11.3 Å². The van der Waals surface area contributed by atoms with E-state index in [1.54, 1.807) is 18.4 Å². The van der Waals surface area contributed by atoms with Crippen LogP contribution in [0.15, 0.2) is 17.5 Å². The Morgan fingerprint density at radius 3 is 2.71 bits per heavy atom. The zero-order valence-electron chi connectivity index (χ0n) is 9.33. The van der Waals surface area contributed by atoms with Crippen LogP contribution in [0.5, 0.6) is 0 Å². The number of methoxy groups -OCH3 is 1. The van der Waals surface area contributed by atoms with E-state index in [0.29, 0.717) is 0 Å². The molecule has 0 saturated heterocycles. The smallest absolute Gasteiger partial charge is 0.0849 e. The number of likely N-dealkylation sites (N-methyl/N-ethyl adjacent to an activating group) is 1. The minimum Gasteiger partial charge on any atom is -0.377 e. The van der Waals surface area contributed by atoms with Crippen LogP contribution in [0.25, 0.3) is 0 Å². The van der Waals surface area contributed by atoms with Gasteiger partial charge in [0.15, 0.2) is 0 Å². The second kappa shape index (κ2) is 4.91. The number of hydrogen-bond donors (Lipinski definition) is 1. The Hall–Kier alpha value is -0.380. The highest BCUT2D eigenvalue weighted by Gasteiger charge is 2.33. The van der Waals surface area contributed by atoms with Crippen molar-refractivity contribution in [3.05, 3.63) is 22.4 Å². The maximum absolute atomic E-state index is 5.61. The van der Waals surface area contributed by atoms with Gasteiger partial charge in [0, 0.05) is 12.0 Å². The molecule has 1 aromatic heterocycles. The quantitative estimate of drug-likeness (QED) is 0.812. The Morgan fingerprint density at radius 1 is 1.64 bits per heavy atom. The van der Waals surface area contributed by atoms with E-state index in [1.807, 2.05) is 7.05 Å². The van der Waals surface area contributed by atoms with Gasteiger partial charge in [-0.25, -0.2) is 0 Å². The number of thiophene rings is 1. The van der Waals surface area contributed by atoms with Gasteiger partial charge in [0.25, 0.3) is 0 Å². The van der Waals surface area contributed by atoms with Crippen LogP contribution in [0.2, 0.25) is 0 Å². The highest BCUT2D eigenvalue weighted by molar-refractivity contribution is 7.10. The Balaban J connectivity index is 2.91. The van der Waals surface area contributed by atoms with Crippen LogP contribution < -0.4 is 5.32 Å². The molecule has 14 heavy (non-hydrogen) atoms. The van der Waals surface area contributed by atoms with Crippen LogP contribution in [0.3, 0.4) is 0 Å². The fourth-order valence-corrected chi connectivity index (χ4v) is 2.64. The zero-order chi connectivity index (χ0) is 10.6. The molecule has 3 heteroatoms. The van der Waals surface area contributed by atoms with Gasteiger partial charge in [-0.05, 0) is 31.8 Å². The lowest BCUT2D eigenvalue weighted by Gasteiger charge is -2.35. The van der Waals surface area contributed by atoms with Crippen molar-refractivity contribution in [1.29, 1.82) is 0 Å². The van der Waals surface area contributed by atoms with E-state index in [-0.39, 0.29) is 11.6 Å². The van der Waals surface area contributed by atoms with Crippen molar-refractivity contribution < 1.29 is 4.74 Å². The SMILES string of the molecule is CCC(C)(OC)C(NC)c1cccs1. The van der Waals surface area contributed by atoms with Crippen LogP contribution in [0.1, 0.15) is 31.2 Å². The Labute approximate surface area is 90.3 Å². The molecule has 0 saturated carbocycles. The fraction of sp³-hybridized carbons (Fsp3) is 0.636. The maximum atomic E-state index is 5.61. The third-order valence-electron chi connectivity index (χ3n) is 2.90. The molecule has 0 amide bonds. The summed E-state index contributed by atoms with van der Waals surface area (Å²) in [5.74, 6) is 0. The fourth-order valence-electron chi connectivity index (χ4n) is 1.67. The van der Waals surface area contributed by atoms with Gasteiger partial charge in [0.2, 0.25) is 0 Å². The van der Waals surface area contributed by atoms with E-state index in [4.69, 9.17) is 4.74 Å². The molecule has 0 aromatic carbocycles. The highest BCUT2D eigenvalue weighted by atomic mass is 32.1. The first-order valence-electron chi connectivity index (χ1n) is 4.93. The van der Waals surface area contributed by atoms with Gasteiger partial charge in [-0.15, -0.1) is 11.3 Å². The summed E-state index contributed by atoms with van der Waals surface area (Å²) in [4.78, 5) is 1.33. The highest BCUT2D eigenvalue weighted by Crippen LogP contribution is 2.33. The lowest BCUT2D eigenvalue weighted by molar-refractivity contribution is -0.0271. The Bertz CT molecular complexity index is 254. The van der Waals surface area contributed by atoms with Crippen molar-refractivity contribution in [2.24, 2.45) is 0 Å². The number of nitrogens with one attached hydrogen (secondary N) is 1. The predicted octanol–water partition coefficient (Wildman–Crippen LogP) is 2.82. The standard InChI is InChI=1S/C11H19NOS/c1-5-11(2,13-4)10(12-3)9-7-6-8-14-9/h6-8,10,12H,5H2,1-4H3. The molecule has 1 N–H and O–H groups in total. The molecular formula is C11H19NOS. The van der Waals surface area contributed by atoms with Crippen molar-refractivity contribution in [3.8, 4) is 0 Å². The normalized spacial score (nSPS) is 17.7. The lowest BCUT2D eigenvalue weighted by atomic mass is 9.92. The summed E-state index contributed by atoms with van der Waals surface area (Å²) in [6, 6.07) is 4.51. The topological polar surface area (TPSA) is 21.3 Å². The molecule has 1 rings (SSSR count). The molecule has 1 heterocycles. The Morgan fingerprint density at radius 2 is 2.36 bits per heavy atom. The van der Waals surface area contributed by atoms with Crippen molar-refractivity contribution in [3.63, 3.8) is 0 Å². The van der Waals surface area contributed by atoms with Crippen molar-refractivity contribution in [2.45, 2.75) is 31.9 Å². The predicted molar refractivity (Wildman–Crippen MR) is 61.8 cm³/mol. The molecular weight excluding hydrogens is 194 g/mol. The molecule has 0 spiro atoms. The summed E-state index contributed by atoms with van der Waals surface area (Å²) < 4.78 is 5.61. The van der Waals surface area contributed by atoms with Crippen molar-refractivity contribution in [2.75, 3.05) is 14.2 Å². The average Bonchev–Trinajstić information content (AvgIpc) is 2.72. The van der Waals surface area contributed by atoms with Gasteiger partial charge in [-0.1, -0.05) is 13.0 Å². The van der Waals surface area contributed by atoms with Crippen LogP contribution in [0, 0.1) is 0 Å².